The van der Waals surface area contributed by atoms with Crippen LogP contribution in [0.15, 0.2) is 48.5 Å². The molecule has 0 saturated heterocycles. The van der Waals surface area contributed by atoms with Crippen LogP contribution in [0.2, 0.25) is 0 Å². The van der Waals surface area contributed by atoms with Crippen LogP contribution in [-0.4, -0.2) is 0 Å². The first-order chi connectivity index (χ1) is 9.78. The fourth-order valence-electron chi connectivity index (χ4n) is 2.12. The lowest BCUT2D eigenvalue weighted by atomic mass is 10.1. The Balaban J connectivity index is 0.00000220. The van der Waals surface area contributed by atoms with Gasteiger partial charge in [-0.25, -0.2) is 0 Å². The predicted molar refractivity (Wildman–Crippen MR) is 93.6 cm³/mol. The first-order valence-electron chi connectivity index (χ1n) is 7.45. The molecule has 0 saturated carbocycles. The van der Waals surface area contributed by atoms with E-state index in [0.29, 0.717) is 0 Å². The maximum atomic E-state index is 3.22. The standard InChI is InChI=1S/C20H22.CH4/c1-3-4-5-6-18-11-13-20(14-12-18)16-15-19-9-7-17(2)8-10-19;/h7-14H,3-6H2,1-2H3;1H4. The molecule has 2 aromatic carbocycles. The monoisotopic (exact) mass is 278 g/mol. The molecule has 0 aliphatic rings. The van der Waals surface area contributed by atoms with Crippen molar-refractivity contribution in [3.63, 3.8) is 0 Å². The maximum Gasteiger partial charge on any atom is 0.0249 e. The molecule has 0 amide bonds. The topological polar surface area (TPSA) is 0 Å². The van der Waals surface area contributed by atoms with Crippen LogP contribution < -0.4 is 0 Å². The van der Waals surface area contributed by atoms with E-state index in [1.807, 2.05) is 0 Å². The first-order valence-corrected chi connectivity index (χ1v) is 7.45. The fraction of sp³-hybridized carbons (Fsp3) is 0.333. The van der Waals surface area contributed by atoms with Crippen molar-refractivity contribution in [2.75, 3.05) is 0 Å². The third-order valence-electron chi connectivity index (χ3n) is 3.43. The molecule has 0 aliphatic heterocycles. The minimum atomic E-state index is 0. The lowest BCUT2D eigenvalue weighted by Crippen LogP contribution is -1.85. The highest BCUT2D eigenvalue weighted by Crippen LogP contribution is 2.08. The SMILES string of the molecule is C.CCCCCc1ccc(C#Cc2ccc(C)cc2)cc1. The number of hydrogen-bond acceptors (Lipinski definition) is 0. The summed E-state index contributed by atoms with van der Waals surface area (Å²) in [5.41, 5.74) is 4.85. The van der Waals surface area contributed by atoms with E-state index < -0.39 is 0 Å². The Morgan fingerprint density at radius 2 is 1.29 bits per heavy atom. The summed E-state index contributed by atoms with van der Waals surface area (Å²) in [4.78, 5) is 0. The Morgan fingerprint density at radius 3 is 1.81 bits per heavy atom. The number of aryl methyl sites for hydroxylation is 2. The van der Waals surface area contributed by atoms with Crippen LogP contribution in [0.5, 0.6) is 0 Å². The largest absolute Gasteiger partial charge is 0.0776 e. The second-order valence-corrected chi connectivity index (χ2v) is 5.27. The lowest BCUT2D eigenvalue weighted by molar-refractivity contribution is 0.717. The second-order valence-electron chi connectivity index (χ2n) is 5.27. The Kier molecular flexibility index (Phi) is 7.33. The summed E-state index contributed by atoms with van der Waals surface area (Å²) in [6.45, 7) is 4.33. The summed E-state index contributed by atoms with van der Waals surface area (Å²) in [5, 5.41) is 0. The Bertz CT molecular complexity index is 577. The van der Waals surface area contributed by atoms with Gasteiger partial charge in [-0.2, -0.15) is 0 Å². The summed E-state index contributed by atoms with van der Waals surface area (Å²) >= 11 is 0. The van der Waals surface area contributed by atoms with Gasteiger partial charge in [-0.1, -0.05) is 68.9 Å². The van der Waals surface area contributed by atoms with E-state index in [2.05, 4.69) is 74.2 Å². The molecular formula is C21H26. The van der Waals surface area contributed by atoms with E-state index in [9.17, 15) is 0 Å². The van der Waals surface area contributed by atoms with Gasteiger partial charge < -0.3 is 0 Å². The molecule has 0 aromatic heterocycles. The number of unbranched alkanes of at least 4 members (excludes halogenated alkanes) is 2. The molecule has 0 fully saturated rings. The summed E-state index contributed by atoms with van der Waals surface area (Å²) in [5.74, 6) is 6.43. The average Bonchev–Trinajstić information content (AvgIpc) is 2.48. The van der Waals surface area contributed by atoms with E-state index >= 15 is 0 Å². The molecule has 0 aliphatic carbocycles. The van der Waals surface area contributed by atoms with Gasteiger partial charge in [0.25, 0.3) is 0 Å². The molecule has 2 aromatic rings. The summed E-state index contributed by atoms with van der Waals surface area (Å²) in [7, 11) is 0. The maximum absolute atomic E-state index is 3.22. The minimum absolute atomic E-state index is 0. The number of hydrogen-bond donors (Lipinski definition) is 0. The Morgan fingerprint density at radius 1 is 0.762 bits per heavy atom. The Hall–Kier alpha value is -2.00. The van der Waals surface area contributed by atoms with Crippen LogP contribution in [0.3, 0.4) is 0 Å². The van der Waals surface area contributed by atoms with Crippen LogP contribution in [0.1, 0.15) is 55.9 Å². The zero-order valence-electron chi connectivity index (χ0n) is 12.4. The molecule has 0 nitrogen and oxygen atoms in total. The van der Waals surface area contributed by atoms with Gasteiger partial charge in [0, 0.05) is 11.1 Å². The smallest absolute Gasteiger partial charge is 0.0249 e. The average molecular weight is 278 g/mol. The van der Waals surface area contributed by atoms with Gasteiger partial charge in [0.2, 0.25) is 0 Å². The first kappa shape index (κ1) is 17.1. The van der Waals surface area contributed by atoms with Crippen LogP contribution in [0.4, 0.5) is 0 Å². The van der Waals surface area contributed by atoms with Crippen molar-refractivity contribution in [2.24, 2.45) is 0 Å². The van der Waals surface area contributed by atoms with Crippen LogP contribution in [-0.2, 0) is 6.42 Å². The molecule has 0 N–H and O–H groups in total. The molecule has 0 heterocycles. The molecule has 0 bridgehead atoms. The van der Waals surface area contributed by atoms with Crippen molar-refractivity contribution in [1.29, 1.82) is 0 Å². The van der Waals surface area contributed by atoms with Gasteiger partial charge in [-0.15, -0.1) is 0 Å². The highest BCUT2D eigenvalue weighted by atomic mass is 14.0. The van der Waals surface area contributed by atoms with Gasteiger partial charge in [0.1, 0.15) is 0 Å². The summed E-state index contributed by atoms with van der Waals surface area (Å²) in [6, 6.07) is 17.0. The van der Waals surface area contributed by atoms with E-state index in [-0.39, 0.29) is 7.43 Å². The van der Waals surface area contributed by atoms with E-state index in [1.54, 1.807) is 0 Å². The van der Waals surface area contributed by atoms with Gasteiger partial charge in [0.15, 0.2) is 0 Å². The third-order valence-corrected chi connectivity index (χ3v) is 3.43. The van der Waals surface area contributed by atoms with Crippen molar-refractivity contribution in [1.82, 2.24) is 0 Å². The molecule has 0 spiro atoms. The summed E-state index contributed by atoms with van der Waals surface area (Å²) < 4.78 is 0. The normalized spacial score (nSPS) is 9.43. The highest BCUT2D eigenvalue weighted by Gasteiger charge is 1.93. The second kappa shape index (κ2) is 9.03. The molecule has 2 rings (SSSR count). The summed E-state index contributed by atoms with van der Waals surface area (Å²) in [6.07, 6.45) is 5.06. The molecule has 110 valence electrons. The fourth-order valence-corrected chi connectivity index (χ4v) is 2.12. The molecule has 0 atom stereocenters. The van der Waals surface area contributed by atoms with Gasteiger partial charge in [0.05, 0.1) is 0 Å². The molecule has 0 heteroatoms. The molecule has 0 unspecified atom stereocenters. The number of benzene rings is 2. The van der Waals surface area contributed by atoms with E-state index in [0.717, 1.165) is 11.1 Å². The zero-order valence-corrected chi connectivity index (χ0v) is 12.4. The molecule has 0 radical (unpaired) electrons. The van der Waals surface area contributed by atoms with Crippen molar-refractivity contribution in [3.8, 4) is 11.8 Å². The number of rotatable bonds is 4. The van der Waals surface area contributed by atoms with Gasteiger partial charge in [-0.05, 0) is 49.6 Å². The van der Waals surface area contributed by atoms with Crippen molar-refractivity contribution in [2.45, 2.75) is 47.0 Å². The quantitative estimate of drug-likeness (QED) is 0.492. The van der Waals surface area contributed by atoms with Crippen molar-refractivity contribution >= 4 is 0 Å². The van der Waals surface area contributed by atoms with E-state index in [1.165, 1.54) is 36.8 Å². The van der Waals surface area contributed by atoms with Crippen LogP contribution in [0, 0.1) is 18.8 Å². The zero-order chi connectivity index (χ0) is 14.2. The third kappa shape index (κ3) is 5.88. The van der Waals surface area contributed by atoms with Gasteiger partial charge >= 0.3 is 0 Å². The predicted octanol–water partition coefficient (Wildman–Crippen LogP) is 5.76. The van der Waals surface area contributed by atoms with Crippen LogP contribution in [0.25, 0.3) is 0 Å². The van der Waals surface area contributed by atoms with Crippen molar-refractivity contribution in [3.05, 3.63) is 70.8 Å². The minimum Gasteiger partial charge on any atom is -0.0776 e. The molecule has 21 heavy (non-hydrogen) atoms. The highest BCUT2D eigenvalue weighted by molar-refractivity contribution is 5.43. The van der Waals surface area contributed by atoms with E-state index in [4.69, 9.17) is 0 Å². The Labute approximate surface area is 130 Å². The lowest BCUT2D eigenvalue weighted by Gasteiger charge is -2.00. The van der Waals surface area contributed by atoms with Crippen LogP contribution >= 0.6 is 0 Å². The molecular weight excluding hydrogens is 252 g/mol. The van der Waals surface area contributed by atoms with Crippen molar-refractivity contribution < 1.29 is 0 Å². The van der Waals surface area contributed by atoms with Gasteiger partial charge in [-0.3, -0.25) is 0 Å².